The quantitative estimate of drug-likeness (QED) is 0.860. The highest BCUT2D eigenvalue weighted by Crippen LogP contribution is 2.31. The van der Waals surface area contributed by atoms with Crippen LogP contribution in [-0.2, 0) is 14.8 Å². The number of carbonyl (C=O) groups is 1. The molecule has 0 radical (unpaired) electrons. The Labute approximate surface area is 118 Å². The zero-order valence-electron chi connectivity index (χ0n) is 10.1. The van der Waals surface area contributed by atoms with Gasteiger partial charge in [0.1, 0.15) is 23.0 Å². The number of carboxylic acids is 1. The Morgan fingerprint density at radius 1 is 1.53 bits per heavy atom. The molecule has 19 heavy (non-hydrogen) atoms. The summed E-state index contributed by atoms with van der Waals surface area (Å²) in [5, 5.41) is 8.60. The van der Waals surface area contributed by atoms with Crippen LogP contribution in [0.2, 0.25) is 0 Å². The number of halogens is 2. The van der Waals surface area contributed by atoms with Gasteiger partial charge in [0.2, 0.25) is 10.0 Å². The molecule has 1 rings (SSSR count). The molecule has 0 aliphatic carbocycles. The summed E-state index contributed by atoms with van der Waals surface area (Å²) in [5.74, 6) is -2.18. The van der Waals surface area contributed by atoms with Crippen LogP contribution in [0.25, 0.3) is 0 Å². The summed E-state index contributed by atoms with van der Waals surface area (Å²) in [6.07, 6.45) is 0. The van der Waals surface area contributed by atoms with Crippen molar-refractivity contribution in [1.82, 2.24) is 4.31 Å². The van der Waals surface area contributed by atoms with Crippen LogP contribution in [0.4, 0.5) is 4.39 Å². The topological polar surface area (TPSA) is 83.9 Å². The van der Waals surface area contributed by atoms with Crippen molar-refractivity contribution in [3.63, 3.8) is 0 Å². The minimum atomic E-state index is -4.15. The normalized spacial score (nSPS) is 11.6. The van der Waals surface area contributed by atoms with Gasteiger partial charge >= 0.3 is 5.97 Å². The molecule has 106 valence electrons. The summed E-state index contributed by atoms with van der Waals surface area (Å²) >= 11 is 2.91. The van der Waals surface area contributed by atoms with Crippen molar-refractivity contribution >= 4 is 31.9 Å². The molecular formula is C10H11BrFNO5S. The fourth-order valence-corrected chi connectivity index (χ4v) is 2.90. The van der Waals surface area contributed by atoms with Crippen LogP contribution < -0.4 is 4.74 Å². The molecule has 0 saturated heterocycles. The second kappa shape index (κ2) is 5.85. The molecule has 0 spiro atoms. The smallest absolute Gasteiger partial charge is 0.318 e. The van der Waals surface area contributed by atoms with E-state index in [0.717, 1.165) is 19.2 Å². The van der Waals surface area contributed by atoms with E-state index in [4.69, 9.17) is 9.84 Å². The van der Waals surface area contributed by atoms with Crippen LogP contribution in [0.3, 0.4) is 0 Å². The standard InChI is InChI=1S/C10H11BrFNO5S/c1-13(5-10(14)15)19(16,17)9-4-7(12)6(11)3-8(9)18-2/h3-4H,5H2,1-2H3,(H,14,15). The molecule has 1 aromatic rings. The number of rotatable bonds is 5. The molecule has 0 aliphatic heterocycles. The summed E-state index contributed by atoms with van der Waals surface area (Å²) < 4.78 is 43.2. The van der Waals surface area contributed by atoms with E-state index in [1.54, 1.807) is 0 Å². The van der Waals surface area contributed by atoms with Crippen LogP contribution in [0, 0.1) is 5.82 Å². The number of hydrogen-bond donors (Lipinski definition) is 1. The van der Waals surface area contributed by atoms with Crippen molar-refractivity contribution in [2.75, 3.05) is 20.7 Å². The van der Waals surface area contributed by atoms with Gasteiger partial charge in [-0.3, -0.25) is 4.79 Å². The van der Waals surface area contributed by atoms with E-state index >= 15 is 0 Å². The zero-order valence-corrected chi connectivity index (χ0v) is 12.5. The minimum Gasteiger partial charge on any atom is -0.495 e. The lowest BCUT2D eigenvalue weighted by Crippen LogP contribution is -2.32. The van der Waals surface area contributed by atoms with Gasteiger partial charge in [-0.15, -0.1) is 0 Å². The fourth-order valence-electron chi connectivity index (χ4n) is 1.31. The molecule has 0 atom stereocenters. The summed E-state index contributed by atoms with van der Waals surface area (Å²) in [6, 6.07) is 1.94. The number of likely N-dealkylation sites (N-methyl/N-ethyl adjacent to an activating group) is 1. The van der Waals surface area contributed by atoms with E-state index in [1.165, 1.54) is 7.11 Å². The molecule has 0 fully saturated rings. The predicted molar refractivity (Wildman–Crippen MR) is 68.1 cm³/mol. The molecule has 0 unspecified atom stereocenters. The van der Waals surface area contributed by atoms with E-state index in [0.29, 0.717) is 4.31 Å². The number of nitrogens with zero attached hydrogens (tertiary/aromatic N) is 1. The summed E-state index contributed by atoms with van der Waals surface area (Å²) in [4.78, 5) is 10.1. The van der Waals surface area contributed by atoms with Gasteiger partial charge < -0.3 is 9.84 Å². The molecular weight excluding hydrogens is 345 g/mol. The summed E-state index contributed by atoms with van der Waals surface area (Å²) in [6.45, 7) is -0.733. The maximum absolute atomic E-state index is 13.5. The number of carboxylic acid groups (broad SMARTS) is 1. The lowest BCUT2D eigenvalue weighted by atomic mass is 10.3. The molecule has 0 amide bonds. The van der Waals surface area contributed by atoms with Crippen molar-refractivity contribution in [2.45, 2.75) is 4.90 Å². The van der Waals surface area contributed by atoms with Gasteiger partial charge in [-0.05, 0) is 28.1 Å². The predicted octanol–water partition coefficient (Wildman–Crippen LogP) is 1.30. The lowest BCUT2D eigenvalue weighted by Gasteiger charge is -2.17. The molecule has 0 heterocycles. The molecule has 6 nitrogen and oxygen atoms in total. The second-order valence-corrected chi connectivity index (χ2v) is 6.44. The van der Waals surface area contributed by atoms with Crippen LogP contribution in [0.15, 0.2) is 21.5 Å². The van der Waals surface area contributed by atoms with Crippen LogP contribution in [0.5, 0.6) is 5.75 Å². The maximum atomic E-state index is 13.5. The SMILES string of the molecule is COc1cc(Br)c(F)cc1S(=O)(=O)N(C)CC(=O)O. The Morgan fingerprint density at radius 3 is 2.58 bits per heavy atom. The first-order valence-corrected chi connectivity index (χ1v) is 7.14. The van der Waals surface area contributed by atoms with Crippen molar-refractivity contribution in [3.05, 3.63) is 22.4 Å². The molecule has 0 bridgehead atoms. The van der Waals surface area contributed by atoms with E-state index in [2.05, 4.69) is 15.9 Å². The highest BCUT2D eigenvalue weighted by atomic mass is 79.9. The molecule has 1 N–H and O–H groups in total. The first kappa shape index (κ1) is 15.9. The second-order valence-electron chi connectivity index (χ2n) is 3.57. The lowest BCUT2D eigenvalue weighted by molar-refractivity contribution is -0.137. The number of aliphatic carboxylic acids is 1. The van der Waals surface area contributed by atoms with E-state index in [-0.39, 0.29) is 10.2 Å². The number of benzene rings is 1. The van der Waals surface area contributed by atoms with Gasteiger partial charge in [0.05, 0.1) is 11.6 Å². The van der Waals surface area contributed by atoms with E-state index < -0.39 is 33.3 Å². The first-order valence-electron chi connectivity index (χ1n) is 4.91. The molecule has 0 aliphatic rings. The van der Waals surface area contributed by atoms with Crippen LogP contribution in [-0.4, -0.2) is 44.5 Å². The largest absolute Gasteiger partial charge is 0.495 e. The maximum Gasteiger partial charge on any atom is 0.318 e. The van der Waals surface area contributed by atoms with Gasteiger partial charge in [0.15, 0.2) is 0 Å². The third kappa shape index (κ3) is 3.43. The van der Waals surface area contributed by atoms with Gasteiger partial charge in [-0.2, -0.15) is 4.31 Å². The number of methoxy groups -OCH3 is 1. The molecule has 1 aromatic carbocycles. The van der Waals surface area contributed by atoms with Crippen LogP contribution in [0.1, 0.15) is 0 Å². The fraction of sp³-hybridized carbons (Fsp3) is 0.300. The average molecular weight is 356 g/mol. The van der Waals surface area contributed by atoms with Crippen molar-refractivity contribution in [1.29, 1.82) is 0 Å². The van der Waals surface area contributed by atoms with Crippen LogP contribution >= 0.6 is 15.9 Å². The summed E-state index contributed by atoms with van der Waals surface area (Å²) in [7, 11) is -1.83. The number of sulfonamides is 1. The van der Waals surface area contributed by atoms with Crippen molar-refractivity contribution in [3.8, 4) is 5.75 Å². The summed E-state index contributed by atoms with van der Waals surface area (Å²) in [5.41, 5.74) is 0. The Morgan fingerprint density at radius 2 is 2.11 bits per heavy atom. The Balaban J connectivity index is 3.35. The third-order valence-corrected chi connectivity index (χ3v) is 4.68. The Kier molecular flexibility index (Phi) is 4.88. The highest BCUT2D eigenvalue weighted by molar-refractivity contribution is 9.10. The number of hydrogen-bond acceptors (Lipinski definition) is 4. The molecule has 0 saturated carbocycles. The van der Waals surface area contributed by atoms with Gasteiger partial charge in [0.25, 0.3) is 0 Å². The van der Waals surface area contributed by atoms with Gasteiger partial charge in [0, 0.05) is 7.05 Å². The Bertz CT molecular complexity index is 604. The highest BCUT2D eigenvalue weighted by Gasteiger charge is 2.27. The minimum absolute atomic E-state index is 0.0455. The monoisotopic (exact) mass is 355 g/mol. The molecule has 0 aromatic heterocycles. The third-order valence-electron chi connectivity index (χ3n) is 2.25. The van der Waals surface area contributed by atoms with E-state index in [1.807, 2.05) is 0 Å². The number of ether oxygens (including phenoxy) is 1. The van der Waals surface area contributed by atoms with Crippen molar-refractivity contribution in [2.24, 2.45) is 0 Å². The van der Waals surface area contributed by atoms with Gasteiger partial charge in [-0.25, -0.2) is 12.8 Å². The molecule has 9 heteroatoms. The van der Waals surface area contributed by atoms with Gasteiger partial charge in [-0.1, -0.05) is 0 Å². The zero-order chi connectivity index (χ0) is 14.8. The Hall–Kier alpha value is -1.19. The van der Waals surface area contributed by atoms with E-state index in [9.17, 15) is 17.6 Å². The van der Waals surface area contributed by atoms with Crippen molar-refractivity contribution < 1.29 is 27.4 Å². The first-order chi connectivity index (χ1) is 8.70. The average Bonchev–Trinajstić information content (AvgIpc) is 2.30.